The van der Waals surface area contributed by atoms with Crippen LogP contribution in [-0.2, 0) is 11.1 Å². The van der Waals surface area contributed by atoms with Gasteiger partial charge < -0.3 is 4.55 Å². The maximum absolute atomic E-state index is 9.87. The van der Waals surface area contributed by atoms with Crippen LogP contribution < -0.4 is 0 Å². The van der Waals surface area contributed by atoms with Gasteiger partial charge in [0.1, 0.15) is 0 Å². The first-order chi connectivity index (χ1) is 2.80. The largest absolute Gasteiger partial charge is 0.306 e. The molecule has 0 aliphatic heterocycles. The third-order valence-electron chi connectivity index (χ3n) is 0.810. The average molecular weight is 106 g/mol. The van der Waals surface area contributed by atoms with Crippen molar-refractivity contribution in [1.82, 2.24) is 0 Å². The summed E-state index contributed by atoms with van der Waals surface area (Å²) in [6.45, 7) is 0. The summed E-state index contributed by atoms with van der Waals surface area (Å²) in [5.74, 6) is 0. The van der Waals surface area contributed by atoms with Crippen molar-refractivity contribution in [3.63, 3.8) is 0 Å². The van der Waals surface area contributed by atoms with E-state index in [-0.39, 0.29) is 5.25 Å². The van der Waals surface area contributed by atoms with Gasteiger partial charge in [-0.2, -0.15) is 0 Å². The molecule has 1 atom stereocenters. The Morgan fingerprint density at radius 3 is 2.17 bits per heavy atom. The van der Waals surface area contributed by atoms with Crippen LogP contribution >= 0.6 is 0 Å². The molecule has 0 radical (unpaired) electrons. The summed E-state index contributed by atoms with van der Waals surface area (Å²) in [6.07, 6.45) is 1.90. The molecule has 6 heavy (non-hydrogen) atoms. The summed E-state index contributed by atoms with van der Waals surface area (Å²) in [6, 6.07) is 0. The fourth-order valence-corrected chi connectivity index (χ4v) is 0.809. The zero-order chi connectivity index (χ0) is 4.57. The Bertz CT molecular complexity index is 76.9. The van der Waals surface area contributed by atoms with Gasteiger partial charge in [0, 0.05) is 0 Å². The Labute approximate surface area is 38.8 Å². The van der Waals surface area contributed by atoms with Crippen molar-refractivity contribution in [2.75, 3.05) is 0 Å². The van der Waals surface area contributed by atoms with Crippen LogP contribution in [0.4, 0.5) is 0 Å². The zero-order valence-electron chi connectivity index (χ0n) is 3.26. The van der Waals surface area contributed by atoms with Gasteiger partial charge in [0.2, 0.25) is 0 Å². The molecular weight excluding hydrogens is 100 g/mol. The van der Waals surface area contributed by atoms with Gasteiger partial charge in [0.15, 0.2) is 11.1 Å². The van der Waals surface area contributed by atoms with Crippen LogP contribution in [0.2, 0.25) is 0 Å². The van der Waals surface area contributed by atoms with Crippen molar-refractivity contribution in [3.8, 4) is 0 Å². The van der Waals surface area contributed by atoms with Crippen LogP contribution in [0.15, 0.2) is 0 Å². The van der Waals surface area contributed by atoms with Crippen molar-refractivity contribution in [2.24, 2.45) is 0 Å². The fourth-order valence-electron chi connectivity index (χ4n) is 0.270. The SMILES string of the molecule is O=S(O)C1CC1. The van der Waals surface area contributed by atoms with Crippen molar-refractivity contribution >= 4 is 11.1 Å². The third kappa shape index (κ3) is 0.786. The van der Waals surface area contributed by atoms with Gasteiger partial charge in [-0.25, -0.2) is 4.21 Å². The lowest BCUT2D eigenvalue weighted by Gasteiger charge is -1.77. The van der Waals surface area contributed by atoms with Crippen molar-refractivity contribution in [1.29, 1.82) is 0 Å². The van der Waals surface area contributed by atoms with E-state index in [1.165, 1.54) is 0 Å². The molecule has 0 heterocycles. The lowest BCUT2D eigenvalue weighted by molar-refractivity contribution is 0.563. The molecule has 1 rings (SSSR count). The molecule has 0 aromatic heterocycles. The molecular formula is C3H6O2S. The summed E-state index contributed by atoms with van der Waals surface area (Å²) >= 11 is -1.51. The Kier molecular flexibility index (Phi) is 0.935. The maximum Gasteiger partial charge on any atom is 0.155 e. The van der Waals surface area contributed by atoms with Crippen LogP contribution in [0.3, 0.4) is 0 Å². The number of hydrogen-bond acceptors (Lipinski definition) is 1. The highest BCUT2D eigenvalue weighted by Gasteiger charge is 2.26. The number of hydrogen-bond donors (Lipinski definition) is 1. The fraction of sp³-hybridized carbons (Fsp3) is 1.00. The predicted octanol–water partition coefficient (Wildman–Crippen LogP) is 0.370. The van der Waals surface area contributed by atoms with Gasteiger partial charge in [-0.15, -0.1) is 0 Å². The van der Waals surface area contributed by atoms with Crippen molar-refractivity contribution in [2.45, 2.75) is 18.1 Å². The van der Waals surface area contributed by atoms with Crippen LogP contribution in [0.25, 0.3) is 0 Å². The second-order valence-corrected chi connectivity index (χ2v) is 2.69. The lowest BCUT2D eigenvalue weighted by atomic mass is 11.0. The molecule has 1 aliphatic rings. The van der Waals surface area contributed by atoms with Gasteiger partial charge in [0.05, 0.1) is 5.25 Å². The number of rotatable bonds is 1. The first-order valence-corrected chi connectivity index (χ1v) is 3.07. The van der Waals surface area contributed by atoms with Crippen LogP contribution in [0.1, 0.15) is 12.8 Å². The molecule has 1 aliphatic carbocycles. The molecule has 0 aromatic carbocycles. The Morgan fingerprint density at radius 2 is 2.17 bits per heavy atom. The Balaban J connectivity index is 2.31. The predicted molar refractivity (Wildman–Crippen MR) is 23.8 cm³/mol. The highest BCUT2D eigenvalue weighted by atomic mass is 32.2. The highest BCUT2D eigenvalue weighted by Crippen LogP contribution is 2.24. The quantitative estimate of drug-likeness (QED) is 0.490. The molecule has 36 valence electrons. The van der Waals surface area contributed by atoms with Gasteiger partial charge >= 0.3 is 0 Å². The van der Waals surface area contributed by atoms with Gasteiger partial charge in [-0.1, -0.05) is 0 Å². The van der Waals surface area contributed by atoms with E-state index in [1.807, 2.05) is 0 Å². The van der Waals surface area contributed by atoms with E-state index in [2.05, 4.69) is 0 Å². The van der Waals surface area contributed by atoms with Crippen molar-refractivity contribution < 1.29 is 8.76 Å². The van der Waals surface area contributed by atoms with E-state index in [4.69, 9.17) is 4.55 Å². The van der Waals surface area contributed by atoms with Crippen LogP contribution in [0.5, 0.6) is 0 Å². The van der Waals surface area contributed by atoms with E-state index >= 15 is 0 Å². The molecule has 3 heteroatoms. The smallest absolute Gasteiger partial charge is 0.155 e. The zero-order valence-corrected chi connectivity index (χ0v) is 4.07. The van der Waals surface area contributed by atoms with Gasteiger partial charge in [-0.05, 0) is 12.8 Å². The standard InChI is InChI=1S/C3H6O2S/c4-6(5)3-1-2-3/h3H,1-2H2,(H,4,5). The maximum atomic E-state index is 9.87. The summed E-state index contributed by atoms with van der Waals surface area (Å²) in [5, 5.41) is 0.130. The van der Waals surface area contributed by atoms with E-state index in [0.29, 0.717) is 0 Å². The molecule has 0 spiro atoms. The summed E-state index contributed by atoms with van der Waals surface area (Å²) in [5.41, 5.74) is 0. The van der Waals surface area contributed by atoms with Crippen molar-refractivity contribution in [3.05, 3.63) is 0 Å². The van der Waals surface area contributed by atoms with Gasteiger partial charge in [0.25, 0.3) is 0 Å². The molecule has 0 aromatic rings. The highest BCUT2D eigenvalue weighted by molar-refractivity contribution is 7.80. The minimum Gasteiger partial charge on any atom is -0.306 e. The van der Waals surface area contributed by atoms with Crippen LogP contribution in [-0.4, -0.2) is 14.0 Å². The van der Waals surface area contributed by atoms with E-state index in [9.17, 15) is 4.21 Å². The summed E-state index contributed by atoms with van der Waals surface area (Å²) in [4.78, 5) is 0. The molecule has 1 N–H and O–H groups in total. The second-order valence-electron chi connectivity index (χ2n) is 1.48. The first kappa shape index (κ1) is 4.27. The lowest BCUT2D eigenvalue weighted by Crippen LogP contribution is -1.90. The molecule has 0 bridgehead atoms. The molecule has 0 amide bonds. The molecule has 0 saturated heterocycles. The second kappa shape index (κ2) is 1.31. The average Bonchev–Trinajstić information content (AvgIpc) is 2.06. The molecule has 2 nitrogen and oxygen atoms in total. The monoisotopic (exact) mass is 106 g/mol. The van der Waals surface area contributed by atoms with E-state index in [0.717, 1.165) is 12.8 Å². The Morgan fingerprint density at radius 1 is 1.67 bits per heavy atom. The minimum atomic E-state index is -1.51. The summed E-state index contributed by atoms with van der Waals surface area (Å²) < 4.78 is 18.0. The minimum absolute atomic E-state index is 0.130. The van der Waals surface area contributed by atoms with Crippen LogP contribution in [0, 0.1) is 0 Å². The third-order valence-corrected chi connectivity index (χ3v) is 1.85. The normalized spacial score (nSPS) is 26.8. The van der Waals surface area contributed by atoms with E-state index in [1.54, 1.807) is 0 Å². The molecule has 1 unspecified atom stereocenters. The topological polar surface area (TPSA) is 37.3 Å². The Hall–Kier alpha value is 0.110. The molecule has 1 saturated carbocycles. The molecule has 1 fully saturated rings. The summed E-state index contributed by atoms with van der Waals surface area (Å²) in [7, 11) is 0. The first-order valence-electron chi connectivity index (χ1n) is 1.90. The van der Waals surface area contributed by atoms with E-state index < -0.39 is 11.1 Å². The van der Waals surface area contributed by atoms with Gasteiger partial charge in [-0.3, -0.25) is 0 Å².